The third kappa shape index (κ3) is 10.1. The zero-order valence-electron chi connectivity index (χ0n) is 23.7. The number of hydrogen-bond acceptors (Lipinski definition) is 7. The van der Waals surface area contributed by atoms with Gasteiger partial charge in [0.05, 0.1) is 7.11 Å². The van der Waals surface area contributed by atoms with Gasteiger partial charge in [0, 0.05) is 18.7 Å². The minimum atomic E-state index is -1.20. The number of rotatable bonds is 13. The van der Waals surface area contributed by atoms with Gasteiger partial charge in [-0.15, -0.1) is 0 Å². The molecule has 0 saturated carbocycles. The third-order valence-corrected chi connectivity index (χ3v) is 5.81. The molecule has 40 heavy (non-hydrogen) atoms. The molecule has 11 nitrogen and oxygen atoms in total. The highest BCUT2D eigenvalue weighted by molar-refractivity contribution is 5.99. The van der Waals surface area contributed by atoms with E-state index in [9.17, 15) is 24.3 Å². The molecular formula is C29H40N4O7. The fourth-order valence-corrected chi connectivity index (χ4v) is 3.94. The van der Waals surface area contributed by atoms with E-state index in [0.29, 0.717) is 29.8 Å². The molecule has 2 rings (SSSR count). The Bertz CT molecular complexity index is 1160. The Balaban J connectivity index is 2.51. The number of methoxy groups -OCH3 is 1. The lowest BCUT2D eigenvalue weighted by Gasteiger charge is -2.34. The van der Waals surface area contributed by atoms with Crippen LogP contribution in [0, 0.1) is 0 Å². The average molecular weight is 557 g/mol. The van der Waals surface area contributed by atoms with Gasteiger partial charge in [0.1, 0.15) is 29.2 Å². The van der Waals surface area contributed by atoms with Crippen molar-refractivity contribution >= 4 is 29.5 Å². The van der Waals surface area contributed by atoms with E-state index in [0.717, 1.165) is 0 Å². The molecule has 0 aliphatic rings. The van der Waals surface area contributed by atoms with Crippen molar-refractivity contribution in [1.82, 2.24) is 10.2 Å². The average Bonchev–Trinajstić information content (AvgIpc) is 2.87. The monoisotopic (exact) mass is 556 g/mol. The zero-order chi connectivity index (χ0) is 29.9. The molecule has 4 amide bonds. The van der Waals surface area contributed by atoms with Crippen molar-refractivity contribution in [2.45, 2.75) is 71.1 Å². The number of nitrogens with one attached hydrogen (secondary N) is 2. The van der Waals surface area contributed by atoms with Crippen LogP contribution in [0.1, 0.15) is 65.0 Å². The summed E-state index contributed by atoms with van der Waals surface area (Å²) in [4.78, 5) is 53.4. The topological polar surface area (TPSA) is 160 Å². The van der Waals surface area contributed by atoms with Gasteiger partial charge in [-0.3, -0.25) is 14.4 Å². The summed E-state index contributed by atoms with van der Waals surface area (Å²) in [6.07, 6.45) is 0.141. The molecule has 0 spiro atoms. The van der Waals surface area contributed by atoms with E-state index in [1.165, 1.54) is 24.1 Å². The van der Waals surface area contributed by atoms with E-state index in [2.05, 4.69) is 10.6 Å². The summed E-state index contributed by atoms with van der Waals surface area (Å²) >= 11 is 0. The molecule has 218 valence electrons. The Morgan fingerprint density at radius 3 is 2.30 bits per heavy atom. The SMILES string of the molecule is CCCCN(C(=O)C(CCC(N)=O)NC(=O)OC(C)(C)C)C(C(=O)Nc1ccc(OC)cc1)c1cccc(O)c1. The van der Waals surface area contributed by atoms with Crippen LogP contribution < -0.4 is 21.1 Å². The maximum Gasteiger partial charge on any atom is 0.408 e. The maximum atomic E-state index is 14.0. The summed E-state index contributed by atoms with van der Waals surface area (Å²) in [5.41, 5.74) is 5.35. The number of aromatic hydroxyl groups is 1. The molecule has 2 atom stereocenters. The number of nitrogens with two attached hydrogens (primary N) is 1. The highest BCUT2D eigenvalue weighted by atomic mass is 16.6. The van der Waals surface area contributed by atoms with Gasteiger partial charge in [0.2, 0.25) is 11.8 Å². The van der Waals surface area contributed by atoms with Crippen LogP contribution in [0.4, 0.5) is 10.5 Å². The van der Waals surface area contributed by atoms with E-state index in [4.69, 9.17) is 15.2 Å². The van der Waals surface area contributed by atoms with Gasteiger partial charge < -0.3 is 35.8 Å². The first-order valence-electron chi connectivity index (χ1n) is 13.2. The van der Waals surface area contributed by atoms with Gasteiger partial charge in [-0.05, 0) is 75.6 Å². The van der Waals surface area contributed by atoms with E-state index in [-0.39, 0.29) is 25.1 Å². The summed E-state index contributed by atoms with van der Waals surface area (Å²) in [7, 11) is 1.53. The van der Waals surface area contributed by atoms with Crippen molar-refractivity contribution in [2.75, 3.05) is 19.0 Å². The fourth-order valence-electron chi connectivity index (χ4n) is 3.94. The predicted molar refractivity (Wildman–Crippen MR) is 151 cm³/mol. The van der Waals surface area contributed by atoms with Crippen molar-refractivity contribution in [1.29, 1.82) is 0 Å². The summed E-state index contributed by atoms with van der Waals surface area (Å²) in [5, 5.41) is 15.6. The highest BCUT2D eigenvalue weighted by Gasteiger charge is 2.36. The van der Waals surface area contributed by atoms with E-state index >= 15 is 0 Å². The number of primary amides is 1. The second kappa shape index (κ2) is 14.8. The Morgan fingerprint density at radius 2 is 1.75 bits per heavy atom. The number of anilines is 1. The molecule has 0 bridgehead atoms. The molecule has 2 aromatic rings. The first-order chi connectivity index (χ1) is 18.8. The number of phenols is 1. The standard InChI is InChI=1S/C29H40N4O7/c1-6-7-17-33(27(37)23(15-16-24(30)35)32-28(38)40-29(2,3)4)25(19-9-8-10-21(34)18-19)26(36)31-20-11-13-22(39-5)14-12-20/h8-14,18,23,25,34H,6-7,15-17H2,1-5H3,(H2,30,35)(H,31,36)(H,32,38). The van der Waals surface area contributed by atoms with Crippen molar-refractivity contribution in [2.24, 2.45) is 5.73 Å². The smallest absolute Gasteiger partial charge is 0.408 e. The van der Waals surface area contributed by atoms with Gasteiger partial charge >= 0.3 is 6.09 Å². The van der Waals surface area contributed by atoms with Crippen molar-refractivity contribution in [3.05, 3.63) is 54.1 Å². The number of benzene rings is 2. The molecule has 0 fully saturated rings. The molecule has 11 heteroatoms. The number of amides is 4. The lowest BCUT2D eigenvalue weighted by molar-refractivity contribution is -0.141. The maximum absolute atomic E-state index is 14.0. The number of carbonyl (C=O) groups is 4. The Morgan fingerprint density at radius 1 is 1.07 bits per heavy atom. The minimum absolute atomic E-state index is 0.0835. The molecule has 0 aliphatic heterocycles. The molecule has 0 aromatic heterocycles. The molecule has 2 aromatic carbocycles. The van der Waals surface area contributed by atoms with Gasteiger partial charge in [-0.25, -0.2) is 4.79 Å². The van der Waals surface area contributed by atoms with Gasteiger partial charge in [-0.1, -0.05) is 25.5 Å². The van der Waals surface area contributed by atoms with Crippen molar-refractivity contribution in [3.63, 3.8) is 0 Å². The second-order valence-electron chi connectivity index (χ2n) is 10.3. The van der Waals surface area contributed by atoms with Crippen LogP contribution in [0.5, 0.6) is 11.5 Å². The number of alkyl carbamates (subject to hydrolysis) is 1. The van der Waals surface area contributed by atoms with Gasteiger partial charge in [-0.2, -0.15) is 0 Å². The molecule has 0 heterocycles. The summed E-state index contributed by atoms with van der Waals surface area (Å²) < 4.78 is 10.5. The van der Waals surface area contributed by atoms with Crippen molar-refractivity contribution < 1.29 is 33.8 Å². The second-order valence-corrected chi connectivity index (χ2v) is 10.3. The quantitative estimate of drug-likeness (QED) is 0.291. The minimum Gasteiger partial charge on any atom is -0.508 e. The molecule has 0 saturated heterocycles. The predicted octanol–water partition coefficient (Wildman–Crippen LogP) is 3.87. The number of unbranched alkanes of at least 4 members (excludes halogenated alkanes) is 1. The van der Waals surface area contributed by atoms with E-state index in [1.807, 2.05) is 6.92 Å². The Hall–Kier alpha value is -4.28. The van der Waals surface area contributed by atoms with Crippen LogP contribution in [0.25, 0.3) is 0 Å². The van der Waals surface area contributed by atoms with Crippen LogP contribution >= 0.6 is 0 Å². The summed E-state index contributed by atoms with van der Waals surface area (Å²) in [6, 6.07) is 10.4. The fraction of sp³-hybridized carbons (Fsp3) is 0.448. The number of carbonyl (C=O) groups excluding carboxylic acids is 4. The molecule has 0 radical (unpaired) electrons. The lowest BCUT2D eigenvalue weighted by Crippen LogP contribution is -2.52. The number of nitrogens with zero attached hydrogens (tertiary/aromatic N) is 1. The largest absolute Gasteiger partial charge is 0.508 e. The summed E-state index contributed by atoms with van der Waals surface area (Å²) in [5.74, 6) is -1.26. The van der Waals surface area contributed by atoms with Gasteiger partial charge in [0.15, 0.2) is 0 Å². The summed E-state index contributed by atoms with van der Waals surface area (Å²) in [6.45, 7) is 7.15. The van der Waals surface area contributed by atoms with Crippen LogP contribution in [-0.2, 0) is 19.1 Å². The van der Waals surface area contributed by atoms with Gasteiger partial charge in [0.25, 0.3) is 5.91 Å². The lowest BCUT2D eigenvalue weighted by atomic mass is 10.0. The molecule has 2 unspecified atom stereocenters. The van der Waals surface area contributed by atoms with Crippen LogP contribution in [0.15, 0.2) is 48.5 Å². The molecular weight excluding hydrogens is 516 g/mol. The van der Waals surface area contributed by atoms with Crippen LogP contribution in [0.3, 0.4) is 0 Å². The number of ether oxygens (including phenoxy) is 2. The first kappa shape index (κ1) is 31.9. The van der Waals surface area contributed by atoms with E-state index in [1.54, 1.807) is 57.2 Å². The van der Waals surface area contributed by atoms with Crippen LogP contribution in [0.2, 0.25) is 0 Å². The van der Waals surface area contributed by atoms with Crippen LogP contribution in [-0.4, -0.2) is 59.1 Å². The normalized spacial score (nSPS) is 12.5. The zero-order valence-corrected chi connectivity index (χ0v) is 23.7. The molecule has 5 N–H and O–H groups in total. The first-order valence-corrected chi connectivity index (χ1v) is 13.2. The number of hydrogen-bond donors (Lipinski definition) is 4. The highest BCUT2D eigenvalue weighted by Crippen LogP contribution is 2.28. The molecule has 0 aliphatic carbocycles. The Labute approximate surface area is 235 Å². The number of phenolic OH excluding ortho intramolecular Hbond substituents is 1. The van der Waals surface area contributed by atoms with E-state index < -0.39 is 41.5 Å². The third-order valence-electron chi connectivity index (χ3n) is 5.81. The van der Waals surface area contributed by atoms with Crippen molar-refractivity contribution in [3.8, 4) is 11.5 Å². The Kier molecular flexibility index (Phi) is 11.8.